The van der Waals surface area contributed by atoms with E-state index in [4.69, 9.17) is 4.74 Å². The molecule has 114 valence electrons. The molecule has 2 atom stereocenters. The van der Waals surface area contributed by atoms with Crippen molar-refractivity contribution in [2.75, 3.05) is 38.6 Å². The van der Waals surface area contributed by atoms with Crippen LogP contribution in [-0.2, 0) is 4.79 Å². The third-order valence-corrected chi connectivity index (χ3v) is 4.42. The van der Waals surface area contributed by atoms with Gasteiger partial charge in [-0.05, 0) is 49.6 Å². The summed E-state index contributed by atoms with van der Waals surface area (Å²) >= 11 is 0. The molecule has 0 saturated carbocycles. The maximum atomic E-state index is 12.1. The summed E-state index contributed by atoms with van der Waals surface area (Å²) in [6, 6.07) is 8.00. The number of rotatable bonds is 4. The van der Waals surface area contributed by atoms with Crippen molar-refractivity contribution in [3.8, 4) is 5.75 Å². The van der Waals surface area contributed by atoms with Gasteiger partial charge in [-0.15, -0.1) is 0 Å². The monoisotopic (exact) mass is 289 g/mol. The summed E-state index contributed by atoms with van der Waals surface area (Å²) in [7, 11) is 1.63. The van der Waals surface area contributed by atoms with E-state index in [0.29, 0.717) is 18.5 Å². The first kappa shape index (κ1) is 14.4. The van der Waals surface area contributed by atoms with E-state index in [-0.39, 0.29) is 5.91 Å². The summed E-state index contributed by atoms with van der Waals surface area (Å²) in [4.78, 5) is 14.4. The number of fused-ring (bicyclic) bond motifs is 1. The number of piperidine rings is 1. The van der Waals surface area contributed by atoms with Gasteiger partial charge in [-0.1, -0.05) is 0 Å². The lowest BCUT2D eigenvalue weighted by atomic mass is 9.94. The number of nitrogens with one attached hydrogen (secondary N) is 2. The van der Waals surface area contributed by atoms with Crippen LogP contribution >= 0.6 is 0 Å². The van der Waals surface area contributed by atoms with Crippen molar-refractivity contribution in [2.45, 2.75) is 18.9 Å². The topological polar surface area (TPSA) is 53.6 Å². The number of hydrogen-bond acceptors (Lipinski definition) is 4. The Morgan fingerprint density at radius 2 is 2.19 bits per heavy atom. The van der Waals surface area contributed by atoms with Crippen LogP contribution < -0.4 is 15.4 Å². The molecule has 2 N–H and O–H groups in total. The van der Waals surface area contributed by atoms with Gasteiger partial charge in [0.15, 0.2) is 0 Å². The molecular formula is C16H23N3O2. The van der Waals surface area contributed by atoms with E-state index in [2.05, 4.69) is 15.5 Å². The lowest BCUT2D eigenvalue weighted by Crippen LogP contribution is -2.41. The standard InChI is InChI=1S/C16H23N3O2/c1-21-14-6-4-13(5-7-14)18-16(20)11-19-9-12-3-2-8-17-15(12)10-19/h4-7,12,15,17H,2-3,8-11H2,1H3,(H,18,20). The van der Waals surface area contributed by atoms with Crippen LogP contribution in [0.5, 0.6) is 5.75 Å². The molecule has 3 rings (SSSR count). The second-order valence-electron chi connectivity index (χ2n) is 5.93. The van der Waals surface area contributed by atoms with Crippen LogP contribution in [0.15, 0.2) is 24.3 Å². The van der Waals surface area contributed by atoms with Crippen LogP contribution in [-0.4, -0.2) is 50.1 Å². The Morgan fingerprint density at radius 3 is 2.90 bits per heavy atom. The van der Waals surface area contributed by atoms with Gasteiger partial charge < -0.3 is 15.4 Å². The molecule has 1 amide bonds. The van der Waals surface area contributed by atoms with Crippen molar-refractivity contribution < 1.29 is 9.53 Å². The molecule has 0 spiro atoms. The molecule has 5 nitrogen and oxygen atoms in total. The van der Waals surface area contributed by atoms with E-state index in [9.17, 15) is 4.79 Å². The number of benzene rings is 1. The largest absolute Gasteiger partial charge is 0.497 e. The fourth-order valence-corrected chi connectivity index (χ4v) is 3.34. The minimum absolute atomic E-state index is 0.0545. The molecular weight excluding hydrogens is 266 g/mol. The van der Waals surface area contributed by atoms with Crippen molar-refractivity contribution in [1.82, 2.24) is 10.2 Å². The van der Waals surface area contributed by atoms with Gasteiger partial charge in [-0.25, -0.2) is 0 Å². The van der Waals surface area contributed by atoms with Gasteiger partial charge >= 0.3 is 0 Å². The molecule has 2 aliphatic rings. The van der Waals surface area contributed by atoms with Crippen molar-refractivity contribution in [3.63, 3.8) is 0 Å². The molecule has 2 saturated heterocycles. The van der Waals surface area contributed by atoms with Gasteiger partial charge in [0.1, 0.15) is 5.75 Å². The number of anilines is 1. The van der Waals surface area contributed by atoms with Gasteiger partial charge in [0.25, 0.3) is 0 Å². The van der Waals surface area contributed by atoms with Gasteiger partial charge in [-0.3, -0.25) is 9.69 Å². The molecule has 1 aromatic rings. The van der Waals surface area contributed by atoms with E-state index >= 15 is 0 Å². The number of carbonyl (C=O) groups excluding carboxylic acids is 1. The van der Waals surface area contributed by atoms with Crippen molar-refractivity contribution in [2.24, 2.45) is 5.92 Å². The van der Waals surface area contributed by atoms with Crippen LogP contribution in [0, 0.1) is 5.92 Å². The summed E-state index contributed by atoms with van der Waals surface area (Å²) in [5.74, 6) is 1.56. The van der Waals surface area contributed by atoms with Crippen LogP contribution in [0.4, 0.5) is 5.69 Å². The van der Waals surface area contributed by atoms with Gasteiger partial charge in [0.05, 0.1) is 13.7 Å². The van der Waals surface area contributed by atoms with Crippen LogP contribution in [0.3, 0.4) is 0 Å². The van der Waals surface area contributed by atoms with E-state index in [0.717, 1.165) is 31.1 Å². The number of nitrogens with zero attached hydrogens (tertiary/aromatic N) is 1. The molecule has 5 heteroatoms. The van der Waals surface area contributed by atoms with E-state index in [1.165, 1.54) is 12.8 Å². The zero-order valence-electron chi connectivity index (χ0n) is 12.5. The summed E-state index contributed by atoms with van der Waals surface area (Å²) in [6.07, 6.45) is 2.54. The lowest BCUT2D eigenvalue weighted by Gasteiger charge is -2.24. The molecule has 2 aliphatic heterocycles. The average molecular weight is 289 g/mol. The Morgan fingerprint density at radius 1 is 1.38 bits per heavy atom. The van der Waals surface area contributed by atoms with Crippen molar-refractivity contribution in [3.05, 3.63) is 24.3 Å². The fraction of sp³-hybridized carbons (Fsp3) is 0.562. The zero-order valence-corrected chi connectivity index (χ0v) is 12.5. The molecule has 0 bridgehead atoms. The molecule has 21 heavy (non-hydrogen) atoms. The molecule has 0 aliphatic carbocycles. The highest BCUT2D eigenvalue weighted by molar-refractivity contribution is 5.92. The molecule has 2 heterocycles. The van der Waals surface area contributed by atoms with Crippen molar-refractivity contribution >= 4 is 11.6 Å². The third-order valence-electron chi connectivity index (χ3n) is 4.42. The average Bonchev–Trinajstić information content (AvgIpc) is 2.90. The lowest BCUT2D eigenvalue weighted by molar-refractivity contribution is -0.117. The highest BCUT2D eigenvalue weighted by atomic mass is 16.5. The number of hydrogen-bond donors (Lipinski definition) is 2. The van der Waals surface area contributed by atoms with Gasteiger partial charge in [-0.2, -0.15) is 0 Å². The first-order valence-electron chi connectivity index (χ1n) is 7.64. The van der Waals surface area contributed by atoms with E-state index < -0.39 is 0 Å². The number of likely N-dealkylation sites (tertiary alicyclic amines) is 1. The van der Waals surface area contributed by atoms with Gasteiger partial charge in [0, 0.05) is 24.8 Å². The molecule has 0 radical (unpaired) electrons. The minimum atomic E-state index is 0.0545. The zero-order chi connectivity index (χ0) is 14.7. The Bertz CT molecular complexity index is 475. The Kier molecular flexibility index (Phi) is 4.41. The van der Waals surface area contributed by atoms with Crippen LogP contribution in [0.2, 0.25) is 0 Å². The quantitative estimate of drug-likeness (QED) is 0.878. The summed E-state index contributed by atoms with van der Waals surface area (Å²) in [5.41, 5.74) is 0.815. The number of amides is 1. The maximum absolute atomic E-state index is 12.1. The predicted octanol–water partition coefficient (Wildman–Crippen LogP) is 1.32. The number of carbonyl (C=O) groups is 1. The van der Waals surface area contributed by atoms with Crippen LogP contribution in [0.1, 0.15) is 12.8 Å². The molecule has 2 unspecified atom stereocenters. The summed E-state index contributed by atoms with van der Waals surface area (Å²) < 4.78 is 5.11. The van der Waals surface area contributed by atoms with E-state index in [1.807, 2.05) is 24.3 Å². The Labute approximate surface area is 125 Å². The summed E-state index contributed by atoms with van der Waals surface area (Å²) in [6.45, 7) is 3.61. The minimum Gasteiger partial charge on any atom is -0.497 e. The fourth-order valence-electron chi connectivity index (χ4n) is 3.34. The summed E-state index contributed by atoms with van der Waals surface area (Å²) in [5, 5.41) is 6.50. The first-order valence-corrected chi connectivity index (χ1v) is 7.64. The second kappa shape index (κ2) is 6.45. The Balaban J connectivity index is 1.49. The predicted molar refractivity (Wildman–Crippen MR) is 82.6 cm³/mol. The molecule has 2 fully saturated rings. The highest BCUT2D eigenvalue weighted by Crippen LogP contribution is 2.24. The van der Waals surface area contributed by atoms with Crippen molar-refractivity contribution in [1.29, 1.82) is 0 Å². The first-order chi connectivity index (χ1) is 10.2. The molecule has 1 aromatic carbocycles. The van der Waals surface area contributed by atoms with Gasteiger partial charge in [0.2, 0.25) is 5.91 Å². The smallest absolute Gasteiger partial charge is 0.238 e. The molecule has 0 aromatic heterocycles. The Hall–Kier alpha value is -1.59. The van der Waals surface area contributed by atoms with Crippen LogP contribution in [0.25, 0.3) is 0 Å². The second-order valence-corrected chi connectivity index (χ2v) is 5.93. The SMILES string of the molecule is COc1ccc(NC(=O)CN2CC3CCCNC3C2)cc1. The van der Waals surface area contributed by atoms with E-state index in [1.54, 1.807) is 7.11 Å². The maximum Gasteiger partial charge on any atom is 0.238 e. The number of ether oxygens (including phenoxy) is 1. The normalized spacial score (nSPS) is 25.4. The number of methoxy groups -OCH3 is 1. The third kappa shape index (κ3) is 3.54. The highest BCUT2D eigenvalue weighted by Gasteiger charge is 2.34.